The standard InChI is InChI=1S/C17H26O3Si/c1-11-9-12(2)14-13(10-11)19-21(16(3,4)5,17(6,7)8)20-15(14)18/h9-10H,1-8H3. The molecule has 116 valence electrons. The van der Waals surface area contributed by atoms with E-state index in [1.807, 2.05) is 26.0 Å². The van der Waals surface area contributed by atoms with Crippen LogP contribution >= 0.6 is 0 Å². The Bertz CT molecular complexity index is 577. The number of benzene rings is 1. The van der Waals surface area contributed by atoms with Gasteiger partial charge in [-0.25, -0.2) is 4.79 Å². The van der Waals surface area contributed by atoms with E-state index in [2.05, 4.69) is 41.5 Å². The molecule has 1 heterocycles. The summed E-state index contributed by atoms with van der Waals surface area (Å²) in [5, 5.41) is -0.424. The van der Waals surface area contributed by atoms with E-state index < -0.39 is 8.56 Å². The Balaban J connectivity index is 2.69. The quantitative estimate of drug-likeness (QED) is 0.640. The van der Waals surface area contributed by atoms with Crippen molar-refractivity contribution in [3.05, 3.63) is 28.8 Å². The first-order valence-corrected chi connectivity index (χ1v) is 9.24. The van der Waals surface area contributed by atoms with E-state index in [4.69, 9.17) is 8.85 Å². The number of carbonyl (C=O) groups is 1. The second kappa shape index (κ2) is 4.60. The lowest BCUT2D eigenvalue weighted by molar-refractivity contribution is 0.0604. The van der Waals surface area contributed by atoms with Crippen LogP contribution in [-0.2, 0) is 4.43 Å². The van der Waals surface area contributed by atoms with Crippen molar-refractivity contribution in [2.24, 2.45) is 0 Å². The van der Waals surface area contributed by atoms with E-state index in [1.165, 1.54) is 0 Å². The van der Waals surface area contributed by atoms with Crippen molar-refractivity contribution in [3.8, 4) is 5.75 Å². The summed E-state index contributed by atoms with van der Waals surface area (Å²) in [4.78, 5) is 12.7. The van der Waals surface area contributed by atoms with Gasteiger partial charge in [0, 0.05) is 10.1 Å². The number of fused-ring (bicyclic) bond motifs is 1. The van der Waals surface area contributed by atoms with Crippen molar-refractivity contribution in [2.75, 3.05) is 0 Å². The fourth-order valence-corrected chi connectivity index (χ4v) is 7.72. The summed E-state index contributed by atoms with van der Waals surface area (Å²) in [7, 11) is -2.80. The third-order valence-electron chi connectivity index (χ3n) is 4.11. The van der Waals surface area contributed by atoms with E-state index >= 15 is 0 Å². The molecule has 1 aromatic carbocycles. The number of carbonyl (C=O) groups excluding carboxylic acids is 1. The Morgan fingerprint density at radius 1 is 0.905 bits per heavy atom. The van der Waals surface area contributed by atoms with Gasteiger partial charge in [0.1, 0.15) is 11.3 Å². The average molecular weight is 306 g/mol. The summed E-state index contributed by atoms with van der Waals surface area (Å²) >= 11 is 0. The van der Waals surface area contributed by atoms with Crippen LogP contribution in [-0.4, -0.2) is 14.5 Å². The van der Waals surface area contributed by atoms with Gasteiger partial charge in [-0.3, -0.25) is 0 Å². The molecule has 3 nitrogen and oxygen atoms in total. The zero-order chi connectivity index (χ0) is 16.2. The summed E-state index contributed by atoms with van der Waals surface area (Å²) < 4.78 is 12.5. The molecule has 0 saturated heterocycles. The first-order chi connectivity index (χ1) is 9.39. The maximum absolute atomic E-state index is 12.7. The lowest BCUT2D eigenvalue weighted by atomic mass is 10.0. The summed E-state index contributed by atoms with van der Waals surface area (Å²) in [6.07, 6.45) is 0. The molecule has 0 atom stereocenters. The van der Waals surface area contributed by atoms with Crippen molar-refractivity contribution in [3.63, 3.8) is 0 Å². The molecule has 0 bridgehead atoms. The SMILES string of the molecule is Cc1cc(C)c2c(c1)O[Si](C(C)(C)C)(C(C)(C)C)OC2=O. The molecule has 0 amide bonds. The molecule has 2 rings (SSSR count). The van der Waals surface area contributed by atoms with E-state index in [0.717, 1.165) is 11.1 Å². The molecule has 0 spiro atoms. The molecule has 0 radical (unpaired) electrons. The normalized spacial score (nSPS) is 17.8. The van der Waals surface area contributed by atoms with Crippen LogP contribution in [0.5, 0.6) is 5.75 Å². The molecule has 0 N–H and O–H groups in total. The van der Waals surface area contributed by atoms with Crippen LogP contribution in [0, 0.1) is 13.8 Å². The third kappa shape index (κ3) is 2.39. The van der Waals surface area contributed by atoms with Gasteiger partial charge < -0.3 is 8.85 Å². The van der Waals surface area contributed by atoms with Crippen LogP contribution in [0.25, 0.3) is 0 Å². The van der Waals surface area contributed by atoms with Gasteiger partial charge in [-0.2, -0.15) is 0 Å². The molecule has 0 fully saturated rings. The highest BCUT2D eigenvalue weighted by atomic mass is 28.4. The molecule has 21 heavy (non-hydrogen) atoms. The summed E-state index contributed by atoms with van der Waals surface area (Å²) in [6, 6.07) is 3.95. The molecular weight excluding hydrogens is 280 g/mol. The first kappa shape index (κ1) is 16.1. The predicted molar refractivity (Wildman–Crippen MR) is 87.1 cm³/mol. The van der Waals surface area contributed by atoms with Crippen LogP contribution in [0.4, 0.5) is 0 Å². The topological polar surface area (TPSA) is 35.5 Å². The Labute approximate surface area is 128 Å². The van der Waals surface area contributed by atoms with Gasteiger partial charge in [0.25, 0.3) is 0 Å². The molecule has 0 aromatic heterocycles. The lowest BCUT2D eigenvalue weighted by Gasteiger charge is -2.49. The van der Waals surface area contributed by atoms with Gasteiger partial charge >= 0.3 is 14.5 Å². The van der Waals surface area contributed by atoms with E-state index in [1.54, 1.807) is 0 Å². The van der Waals surface area contributed by atoms with Crippen LogP contribution in [0.2, 0.25) is 10.1 Å². The minimum Gasteiger partial charge on any atom is -0.510 e. The molecule has 4 heteroatoms. The summed E-state index contributed by atoms with van der Waals surface area (Å²) in [6.45, 7) is 16.6. The van der Waals surface area contributed by atoms with Crippen LogP contribution in [0.3, 0.4) is 0 Å². The van der Waals surface area contributed by atoms with Crippen molar-refractivity contribution in [1.82, 2.24) is 0 Å². The molecule has 0 aliphatic carbocycles. The highest BCUT2D eigenvalue weighted by molar-refractivity contribution is 6.76. The number of hydrogen-bond acceptors (Lipinski definition) is 3. The number of aryl methyl sites for hydroxylation is 2. The highest BCUT2D eigenvalue weighted by Crippen LogP contribution is 2.54. The van der Waals surface area contributed by atoms with Crippen molar-refractivity contribution in [1.29, 1.82) is 0 Å². The largest absolute Gasteiger partial charge is 0.510 e. The van der Waals surface area contributed by atoms with E-state index in [0.29, 0.717) is 11.3 Å². The van der Waals surface area contributed by atoms with Gasteiger partial charge in [0.2, 0.25) is 0 Å². The zero-order valence-corrected chi connectivity index (χ0v) is 15.4. The number of hydrogen-bond donors (Lipinski definition) is 0. The molecule has 0 unspecified atom stereocenters. The zero-order valence-electron chi connectivity index (χ0n) is 14.4. The van der Waals surface area contributed by atoms with E-state index in [9.17, 15) is 4.79 Å². The Hall–Kier alpha value is -1.29. The fraction of sp³-hybridized carbons (Fsp3) is 0.588. The Morgan fingerprint density at radius 3 is 1.90 bits per heavy atom. The Morgan fingerprint density at radius 2 is 1.43 bits per heavy atom. The molecule has 0 saturated carbocycles. The van der Waals surface area contributed by atoms with Crippen LogP contribution < -0.4 is 4.43 Å². The summed E-state index contributed by atoms with van der Waals surface area (Å²) in [5.74, 6) is 0.463. The fourth-order valence-electron chi connectivity index (χ4n) is 3.37. The van der Waals surface area contributed by atoms with E-state index in [-0.39, 0.29) is 16.0 Å². The van der Waals surface area contributed by atoms with Gasteiger partial charge in [0.15, 0.2) is 0 Å². The van der Waals surface area contributed by atoms with Gasteiger partial charge in [-0.05, 0) is 31.0 Å². The lowest BCUT2D eigenvalue weighted by Crippen LogP contribution is -2.62. The minimum atomic E-state index is -2.80. The monoisotopic (exact) mass is 306 g/mol. The van der Waals surface area contributed by atoms with Gasteiger partial charge in [-0.1, -0.05) is 47.6 Å². The van der Waals surface area contributed by atoms with Gasteiger partial charge in [0.05, 0.1) is 0 Å². The third-order valence-corrected chi connectivity index (χ3v) is 9.04. The maximum Gasteiger partial charge on any atom is 0.473 e. The second-order valence-electron chi connectivity index (χ2n) is 8.06. The smallest absolute Gasteiger partial charge is 0.473 e. The number of rotatable bonds is 0. The van der Waals surface area contributed by atoms with Crippen molar-refractivity contribution >= 4 is 14.5 Å². The van der Waals surface area contributed by atoms with Gasteiger partial charge in [-0.15, -0.1) is 0 Å². The Kier molecular flexibility index (Phi) is 3.52. The molecule has 1 aliphatic rings. The maximum atomic E-state index is 12.7. The molecule has 1 aliphatic heterocycles. The predicted octanol–water partition coefficient (Wildman–Crippen LogP) is 4.90. The van der Waals surface area contributed by atoms with Crippen molar-refractivity contribution < 1.29 is 13.6 Å². The molecular formula is C17H26O3Si. The first-order valence-electron chi connectivity index (χ1n) is 7.43. The van der Waals surface area contributed by atoms with Crippen LogP contribution in [0.1, 0.15) is 63.0 Å². The average Bonchev–Trinajstić information content (AvgIpc) is 2.23. The minimum absolute atomic E-state index is 0.212. The molecule has 1 aromatic rings. The second-order valence-corrected chi connectivity index (χ2v) is 12.7. The highest BCUT2D eigenvalue weighted by Gasteiger charge is 2.65. The van der Waals surface area contributed by atoms with Crippen LogP contribution in [0.15, 0.2) is 12.1 Å². The summed E-state index contributed by atoms with van der Waals surface area (Å²) in [5.41, 5.74) is 2.60. The van der Waals surface area contributed by atoms with Crippen molar-refractivity contribution in [2.45, 2.75) is 65.5 Å².